The molecule has 2 aromatic carbocycles. The summed E-state index contributed by atoms with van der Waals surface area (Å²) in [6, 6.07) is 12.6. The number of rotatable bonds is 7. The quantitative estimate of drug-likeness (QED) is 0.537. The van der Waals surface area contributed by atoms with Crippen LogP contribution in [0.5, 0.6) is 0 Å². The Morgan fingerprint density at radius 2 is 1.66 bits per heavy atom. The van der Waals surface area contributed by atoms with Crippen LogP contribution in [0.4, 0.5) is 4.39 Å². The highest BCUT2D eigenvalue weighted by Crippen LogP contribution is 2.29. The molecule has 1 aliphatic heterocycles. The highest BCUT2D eigenvalue weighted by molar-refractivity contribution is 7.90. The molecule has 1 aromatic heterocycles. The zero-order valence-electron chi connectivity index (χ0n) is 18.2. The molecule has 0 N–H and O–H groups in total. The number of halogens is 1. The van der Waals surface area contributed by atoms with Crippen LogP contribution in [0.3, 0.4) is 0 Å². The molecule has 8 nitrogen and oxygen atoms in total. The lowest BCUT2D eigenvalue weighted by atomic mass is 10.0. The summed E-state index contributed by atoms with van der Waals surface area (Å²) in [5.41, 5.74) is 1.80. The molecule has 0 saturated carbocycles. The normalized spacial score (nSPS) is 16.8. The summed E-state index contributed by atoms with van der Waals surface area (Å²) in [6.07, 6.45) is 0. The summed E-state index contributed by atoms with van der Waals surface area (Å²) in [5.74, 6) is -0.271. The molecule has 0 bridgehead atoms. The van der Waals surface area contributed by atoms with Crippen LogP contribution in [-0.4, -0.2) is 71.1 Å². The predicted molar refractivity (Wildman–Crippen MR) is 118 cm³/mol. The Morgan fingerprint density at radius 1 is 1.00 bits per heavy atom. The third kappa shape index (κ3) is 4.87. The molecular formula is C22H27FN6O2S. The van der Waals surface area contributed by atoms with Gasteiger partial charge in [0.05, 0.1) is 10.9 Å². The second-order valence-electron chi connectivity index (χ2n) is 8.02. The van der Waals surface area contributed by atoms with Crippen LogP contribution in [0.1, 0.15) is 29.9 Å². The minimum atomic E-state index is -3.65. The molecule has 32 heavy (non-hydrogen) atoms. The number of benzene rings is 2. The van der Waals surface area contributed by atoms with Gasteiger partial charge in [0.1, 0.15) is 5.82 Å². The van der Waals surface area contributed by atoms with E-state index in [0.29, 0.717) is 5.82 Å². The van der Waals surface area contributed by atoms with Crippen LogP contribution in [-0.2, 0) is 15.7 Å². The van der Waals surface area contributed by atoms with Gasteiger partial charge in [0.15, 0.2) is 21.5 Å². The average molecular weight is 459 g/mol. The van der Waals surface area contributed by atoms with Crippen molar-refractivity contribution in [3.8, 4) is 0 Å². The summed E-state index contributed by atoms with van der Waals surface area (Å²) in [7, 11) is -3.65. The first kappa shape index (κ1) is 22.5. The van der Waals surface area contributed by atoms with Gasteiger partial charge in [-0.1, -0.05) is 36.8 Å². The number of tetrazole rings is 1. The molecule has 170 valence electrons. The Morgan fingerprint density at radius 3 is 2.28 bits per heavy atom. The molecule has 1 unspecified atom stereocenters. The van der Waals surface area contributed by atoms with E-state index >= 15 is 0 Å². The highest BCUT2D eigenvalue weighted by atomic mass is 32.2. The topological polar surface area (TPSA) is 84.2 Å². The zero-order valence-corrected chi connectivity index (χ0v) is 19.0. The van der Waals surface area contributed by atoms with Gasteiger partial charge in [-0.25, -0.2) is 17.5 Å². The van der Waals surface area contributed by atoms with Gasteiger partial charge in [-0.2, -0.15) is 0 Å². The summed E-state index contributed by atoms with van der Waals surface area (Å²) in [6.45, 7) is 8.32. The summed E-state index contributed by atoms with van der Waals surface area (Å²) in [4.78, 5) is 4.79. The smallest absolute Gasteiger partial charge is 0.198 e. The van der Waals surface area contributed by atoms with Crippen molar-refractivity contribution < 1.29 is 12.8 Å². The van der Waals surface area contributed by atoms with E-state index < -0.39 is 9.84 Å². The maximum atomic E-state index is 13.6. The fraction of sp³-hybridized carbons (Fsp3) is 0.409. The first-order chi connectivity index (χ1) is 15.4. The maximum Gasteiger partial charge on any atom is 0.198 e. The Kier molecular flexibility index (Phi) is 6.63. The van der Waals surface area contributed by atoms with Crippen LogP contribution >= 0.6 is 0 Å². The third-order valence-corrected chi connectivity index (χ3v) is 7.46. The lowest BCUT2D eigenvalue weighted by Gasteiger charge is -2.38. The molecule has 2 heterocycles. The Bertz CT molecular complexity index is 1140. The molecule has 0 amide bonds. The lowest BCUT2D eigenvalue weighted by Crippen LogP contribution is -2.48. The van der Waals surface area contributed by atoms with E-state index in [2.05, 4.69) is 32.2 Å². The van der Waals surface area contributed by atoms with Crippen molar-refractivity contribution in [3.05, 3.63) is 71.3 Å². The van der Waals surface area contributed by atoms with Gasteiger partial charge in [0.25, 0.3) is 0 Å². The monoisotopic (exact) mass is 458 g/mol. The molecule has 0 spiro atoms. The number of piperazine rings is 1. The largest absolute Gasteiger partial charge is 0.301 e. The van der Waals surface area contributed by atoms with Crippen molar-refractivity contribution in [2.24, 2.45) is 0 Å². The molecular weight excluding hydrogens is 431 g/mol. The maximum absolute atomic E-state index is 13.6. The second kappa shape index (κ2) is 9.43. The van der Waals surface area contributed by atoms with E-state index in [4.69, 9.17) is 0 Å². The van der Waals surface area contributed by atoms with Gasteiger partial charge in [0, 0.05) is 26.2 Å². The van der Waals surface area contributed by atoms with Crippen molar-refractivity contribution in [1.82, 2.24) is 30.0 Å². The van der Waals surface area contributed by atoms with Crippen LogP contribution in [0.15, 0.2) is 53.4 Å². The molecule has 1 aliphatic rings. The number of hydrogen-bond acceptors (Lipinski definition) is 7. The highest BCUT2D eigenvalue weighted by Gasteiger charge is 2.31. The third-order valence-electron chi connectivity index (χ3n) is 5.88. The molecule has 1 saturated heterocycles. The van der Waals surface area contributed by atoms with Crippen molar-refractivity contribution in [2.45, 2.75) is 30.7 Å². The fourth-order valence-corrected chi connectivity index (χ4v) is 5.19. The molecule has 1 atom stereocenters. The van der Waals surface area contributed by atoms with Gasteiger partial charge >= 0.3 is 0 Å². The number of aryl methyl sites for hydroxylation is 1. The molecule has 4 rings (SSSR count). The standard InChI is InChI=1S/C22H27FN6O2S/c1-3-27-12-14-28(15-13-27)21(18-6-8-19(23)9-7-18)22-24-25-26-29(22)16-32(30,31)20-10-4-17(2)5-11-20/h4-11,21H,3,12-16H2,1-2H3. The van der Waals surface area contributed by atoms with Gasteiger partial charge in [-0.3, -0.25) is 4.90 Å². The van der Waals surface area contributed by atoms with Crippen molar-refractivity contribution in [3.63, 3.8) is 0 Å². The minimum absolute atomic E-state index is 0.222. The number of likely N-dealkylation sites (N-methyl/N-ethyl adjacent to an activating group) is 1. The van der Waals surface area contributed by atoms with Crippen molar-refractivity contribution in [1.29, 1.82) is 0 Å². The van der Waals surface area contributed by atoms with E-state index in [1.165, 1.54) is 16.8 Å². The van der Waals surface area contributed by atoms with E-state index in [1.807, 2.05) is 6.92 Å². The summed E-state index contributed by atoms with van der Waals surface area (Å²) in [5, 5.41) is 12.0. The van der Waals surface area contributed by atoms with Crippen molar-refractivity contribution in [2.75, 3.05) is 32.7 Å². The van der Waals surface area contributed by atoms with Gasteiger partial charge in [0.2, 0.25) is 0 Å². The summed E-state index contributed by atoms with van der Waals surface area (Å²) >= 11 is 0. The first-order valence-electron chi connectivity index (χ1n) is 10.6. The molecule has 0 radical (unpaired) electrons. The average Bonchev–Trinajstić information content (AvgIpc) is 3.23. The lowest BCUT2D eigenvalue weighted by molar-refractivity contribution is 0.109. The molecule has 0 aliphatic carbocycles. The molecule has 3 aromatic rings. The minimum Gasteiger partial charge on any atom is -0.301 e. The number of aromatic nitrogens is 4. The molecule has 10 heteroatoms. The Hall–Kier alpha value is -2.69. The Balaban J connectivity index is 1.68. The van der Waals surface area contributed by atoms with Crippen LogP contribution in [0.2, 0.25) is 0 Å². The van der Waals surface area contributed by atoms with Crippen LogP contribution in [0.25, 0.3) is 0 Å². The second-order valence-corrected chi connectivity index (χ2v) is 9.98. The molecule has 1 fully saturated rings. The zero-order chi connectivity index (χ0) is 22.7. The van der Waals surface area contributed by atoms with E-state index in [0.717, 1.165) is 43.9 Å². The van der Waals surface area contributed by atoms with E-state index in [1.54, 1.807) is 36.4 Å². The van der Waals surface area contributed by atoms with Crippen LogP contribution < -0.4 is 0 Å². The number of nitrogens with zero attached hydrogens (tertiary/aromatic N) is 6. The predicted octanol–water partition coefficient (Wildman–Crippen LogP) is 2.28. The van der Waals surface area contributed by atoms with E-state index in [9.17, 15) is 12.8 Å². The first-order valence-corrected chi connectivity index (χ1v) is 12.3. The summed E-state index contributed by atoms with van der Waals surface area (Å²) < 4.78 is 41.0. The number of sulfone groups is 1. The van der Waals surface area contributed by atoms with Crippen LogP contribution in [0, 0.1) is 12.7 Å². The van der Waals surface area contributed by atoms with Gasteiger partial charge < -0.3 is 4.90 Å². The Labute approximate surface area is 187 Å². The fourth-order valence-electron chi connectivity index (χ4n) is 3.99. The number of hydrogen-bond donors (Lipinski definition) is 0. The van der Waals surface area contributed by atoms with Crippen molar-refractivity contribution >= 4 is 9.84 Å². The van der Waals surface area contributed by atoms with Gasteiger partial charge in [-0.05, 0) is 53.7 Å². The SMILES string of the molecule is CCN1CCN(C(c2ccc(F)cc2)c2nnnn2CS(=O)(=O)c2ccc(C)cc2)CC1. The van der Waals surface area contributed by atoms with E-state index in [-0.39, 0.29) is 22.6 Å². The van der Waals surface area contributed by atoms with Gasteiger partial charge in [-0.15, -0.1) is 5.10 Å².